The van der Waals surface area contributed by atoms with Gasteiger partial charge in [-0.2, -0.15) is 23.5 Å². The summed E-state index contributed by atoms with van der Waals surface area (Å²) in [5.74, 6) is 4.25. The predicted octanol–water partition coefficient (Wildman–Crippen LogP) is 7.29. The van der Waals surface area contributed by atoms with Crippen LogP contribution in [0.1, 0.15) is 91.9 Å². The van der Waals surface area contributed by atoms with Gasteiger partial charge in [-0.15, -0.1) is 11.5 Å². The van der Waals surface area contributed by atoms with Crippen LogP contribution in [0.5, 0.6) is 0 Å². The molecular formula is C34H50Cl2CuN2O6S2. The van der Waals surface area contributed by atoms with E-state index in [-0.39, 0.29) is 76.3 Å². The number of carbonyl (C=O) groups is 2. The smallest absolute Gasteiger partial charge is 0.875 e. The maximum Gasteiger partial charge on any atom is 2.00 e. The first-order chi connectivity index (χ1) is 22.3. The molecule has 269 valence electrons. The van der Waals surface area contributed by atoms with Gasteiger partial charge in [-0.3, -0.25) is 9.59 Å². The molecule has 0 fully saturated rings. The van der Waals surface area contributed by atoms with Gasteiger partial charge in [0, 0.05) is 35.1 Å². The molecule has 0 saturated carbocycles. The number of halogens is 2. The summed E-state index contributed by atoms with van der Waals surface area (Å²) in [6.45, 7) is 8.47. The van der Waals surface area contributed by atoms with Crippen molar-refractivity contribution >= 4 is 69.7 Å². The molecular weight excluding hydrogens is 731 g/mol. The molecule has 0 amide bonds. The van der Waals surface area contributed by atoms with E-state index >= 15 is 0 Å². The van der Waals surface area contributed by atoms with Crippen LogP contribution in [0.4, 0.5) is 0 Å². The van der Waals surface area contributed by atoms with Crippen molar-refractivity contribution in [1.82, 2.24) is 0 Å². The molecule has 2 aliphatic rings. The third-order valence-corrected chi connectivity index (χ3v) is 9.96. The molecule has 2 aliphatic carbocycles. The Labute approximate surface area is 310 Å². The van der Waals surface area contributed by atoms with Gasteiger partial charge in [-0.05, 0) is 98.4 Å². The molecule has 0 aromatic heterocycles. The van der Waals surface area contributed by atoms with E-state index in [2.05, 4.69) is 24.2 Å². The average Bonchev–Trinajstić information content (AvgIpc) is 3.03. The van der Waals surface area contributed by atoms with Crippen molar-refractivity contribution in [1.29, 1.82) is 0 Å². The number of hydrogen-bond acceptors (Lipinski definition) is 10. The van der Waals surface area contributed by atoms with Gasteiger partial charge >= 0.3 is 17.1 Å². The van der Waals surface area contributed by atoms with E-state index in [0.29, 0.717) is 49.9 Å². The van der Waals surface area contributed by atoms with Crippen molar-refractivity contribution in [3.8, 4) is 0 Å². The van der Waals surface area contributed by atoms with Crippen LogP contribution in [0.3, 0.4) is 0 Å². The Balaban J connectivity index is 0.000000882. The van der Waals surface area contributed by atoms with Gasteiger partial charge in [-0.25, -0.2) is 0 Å². The normalized spacial score (nSPS) is 19.3. The van der Waals surface area contributed by atoms with Crippen LogP contribution in [0.15, 0.2) is 56.2 Å². The first kappa shape index (κ1) is 45.6. The van der Waals surface area contributed by atoms with Crippen LogP contribution < -0.4 is 10.2 Å². The third kappa shape index (κ3) is 18.3. The quantitative estimate of drug-likeness (QED) is 0.0547. The Bertz CT molecular complexity index is 1040. The fourth-order valence-electron chi connectivity index (χ4n) is 4.92. The van der Waals surface area contributed by atoms with E-state index < -0.39 is 0 Å². The Hall–Kier alpha value is -1.36. The molecule has 0 aliphatic heterocycles. The number of ketones is 2. The summed E-state index contributed by atoms with van der Waals surface area (Å²) < 4.78 is 0. The number of hydrogen-bond donors (Lipinski definition) is 0. The molecule has 2 unspecified atom stereocenters. The van der Waals surface area contributed by atoms with Crippen LogP contribution in [0.25, 0.3) is 0 Å². The maximum absolute atomic E-state index is 12.4. The van der Waals surface area contributed by atoms with Crippen molar-refractivity contribution in [3.05, 3.63) is 45.9 Å². The summed E-state index contributed by atoms with van der Waals surface area (Å²) in [5, 5.41) is 32.6. The van der Waals surface area contributed by atoms with Crippen molar-refractivity contribution < 1.29 is 46.5 Å². The first-order valence-electron chi connectivity index (χ1n) is 16.2. The van der Waals surface area contributed by atoms with Crippen LogP contribution in [0, 0.1) is 11.8 Å². The molecule has 1 radical (unpaired) electrons. The minimum Gasteiger partial charge on any atom is -0.875 e. The summed E-state index contributed by atoms with van der Waals surface area (Å²) in [5.41, 5.74) is 4.04. The Morgan fingerprint density at radius 1 is 0.723 bits per heavy atom. The standard InChI is InChI=1S/2C17H26ClNO3S.Cu/c2*1-3-9-23-10-6-13-11-15(20)17(16(21)12-13)14(4-2)19-22-8-5-7-18;/h2*5,7,13,20H,3-4,6,8-12H2,1-2H3;/q;;+2/p-2/b2*7-5+,19-14?;. The number of thioether (sulfide) groups is 2. The molecule has 0 aromatic carbocycles. The minimum atomic E-state index is -0.0937. The topological polar surface area (TPSA) is 123 Å². The molecule has 0 N–H and O–H groups in total. The van der Waals surface area contributed by atoms with Crippen molar-refractivity contribution in [2.24, 2.45) is 22.1 Å². The van der Waals surface area contributed by atoms with Gasteiger partial charge in [0.25, 0.3) is 0 Å². The average molecular weight is 781 g/mol. The van der Waals surface area contributed by atoms with Crippen LogP contribution in [0.2, 0.25) is 0 Å². The SMILES string of the molecule is CCCSCCC1CC(=O)C(C(CC)=NOC/C=C/Cl)=C([O-])C1.CCCSCCC1CC(=O)C(C(CC)=NOC/C=C/Cl)=C([O-])C1.[Cu+2]. The number of rotatable bonds is 20. The number of allylic oxidation sites excluding steroid dienone is 4. The molecule has 0 bridgehead atoms. The zero-order valence-electron chi connectivity index (χ0n) is 28.0. The van der Waals surface area contributed by atoms with Gasteiger partial charge in [-0.1, -0.05) is 61.2 Å². The van der Waals surface area contributed by atoms with Crippen LogP contribution in [-0.4, -0.2) is 59.2 Å². The molecule has 0 heterocycles. The number of Topliss-reactive ketones (excluding diaryl/α,β-unsaturated/α-hetero) is 2. The second kappa shape index (κ2) is 28.5. The molecule has 0 spiro atoms. The van der Waals surface area contributed by atoms with Crippen molar-refractivity contribution in [3.63, 3.8) is 0 Å². The third-order valence-electron chi connectivity index (χ3n) is 7.17. The first-order valence-corrected chi connectivity index (χ1v) is 19.4. The van der Waals surface area contributed by atoms with Gasteiger partial charge in [0.05, 0.1) is 11.4 Å². The fraction of sp³-hybridized carbons (Fsp3) is 0.647. The van der Waals surface area contributed by atoms with E-state index in [0.717, 1.165) is 48.7 Å². The van der Waals surface area contributed by atoms with E-state index in [1.165, 1.54) is 11.1 Å². The molecule has 0 aromatic rings. The van der Waals surface area contributed by atoms with Crippen molar-refractivity contribution in [2.75, 3.05) is 36.2 Å². The van der Waals surface area contributed by atoms with Gasteiger partial charge in [0.2, 0.25) is 0 Å². The molecule has 0 saturated heterocycles. The van der Waals surface area contributed by atoms with Gasteiger partial charge in [0.15, 0.2) is 11.6 Å². The summed E-state index contributed by atoms with van der Waals surface area (Å²) in [6.07, 6.45) is 10.1. The summed E-state index contributed by atoms with van der Waals surface area (Å²) in [4.78, 5) is 34.9. The fourth-order valence-corrected chi connectivity index (χ4v) is 7.05. The molecule has 13 heteroatoms. The minimum absolute atomic E-state index is 0. The molecule has 2 rings (SSSR count). The van der Waals surface area contributed by atoms with Gasteiger partial charge < -0.3 is 19.9 Å². The van der Waals surface area contributed by atoms with E-state index in [1.807, 2.05) is 37.4 Å². The van der Waals surface area contributed by atoms with Gasteiger partial charge in [0.1, 0.15) is 13.2 Å². The summed E-state index contributed by atoms with van der Waals surface area (Å²) >= 11 is 14.6. The van der Waals surface area contributed by atoms with Crippen LogP contribution in [-0.2, 0) is 36.3 Å². The van der Waals surface area contributed by atoms with Crippen molar-refractivity contribution in [2.45, 2.75) is 91.9 Å². The van der Waals surface area contributed by atoms with Crippen LogP contribution >= 0.6 is 46.7 Å². The zero-order chi connectivity index (χ0) is 34.2. The Kier molecular flexibility index (Phi) is 27.7. The maximum atomic E-state index is 12.4. The second-order valence-electron chi connectivity index (χ2n) is 10.9. The largest absolute Gasteiger partial charge is 2.00 e. The zero-order valence-corrected chi connectivity index (χ0v) is 32.1. The molecule has 2 atom stereocenters. The number of carbonyl (C=O) groups excluding carboxylic acids is 2. The molecule has 47 heavy (non-hydrogen) atoms. The van der Waals surface area contributed by atoms with E-state index in [9.17, 15) is 19.8 Å². The van der Waals surface area contributed by atoms with E-state index in [1.54, 1.807) is 12.2 Å². The number of oxime groups is 2. The summed E-state index contributed by atoms with van der Waals surface area (Å²) in [7, 11) is 0. The number of nitrogens with zero attached hydrogens (tertiary/aromatic N) is 2. The predicted molar refractivity (Wildman–Crippen MR) is 191 cm³/mol. The monoisotopic (exact) mass is 779 g/mol. The summed E-state index contributed by atoms with van der Waals surface area (Å²) in [6, 6.07) is 0. The van der Waals surface area contributed by atoms with E-state index in [4.69, 9.17) is 32.9 Å². The molecule has 8 nitrogen and oxygen atoms in total. The second-order valence-corrected chi connectivity index (χ2v) is 13.8. The Morgan fingerprint density at radius 3 is 1.40 bits per heavy atom. The Morgan fingerprint density at radius 2 is 1.11 bits per heavy atom.